The Morgan fingerprint density at radius 1 is 1.19 bits per heavy atom. The molecule has 0 bridgehead atoms. The van der Waals surface area contributed by atoms with E-state index in [1.165, 1.54) is 32.4 Å². The highest BCUT2D eigenvalue weighted by Gasteiger charge is 2.23. The van der Waals surface area contributed by atoms with Crippen LogP contribution >= 0.6 is 23.2 Å². The second-order valence-corrected chi connectivity index (χ2v) is 5.63. The van der Waals surface area contributed by atoms with Gasteiger partial charge in [0.2, 0.25) is 11.8 Å². The minimum atomic E-state index is -1.06. The van der Waals surface area contributed by atoms with Crippen molar-refractivity contribution in [3.8, 4) is 22.8 Å². The smallest absolute Gasteiger partial charge is 0.492 e. The fraction of sp³-hybridized carbons (Fsp3) is 0.188. The second-order valence-electron chi connectivity index (χ2n) is 4.85. The van der Waals surface area contributed by atoms with Gasteiger partial charge in [0.05, 0.1) is 24.9 Å². The molecule has 0 spiro atoms. The van der Waals surface area contributed by atoms with Crippen LogP contribution < -0.4 is 14.8 Å². The Bertz CT molecular complexity index is 876. The molecule has 0 saturated carbocycles. The molecule has 1 aromatic heterocycles. The van der Waals surface area contributed by atoms with Crippen molar-refractivity contribution in [1.29, 1.82) is 0 Å². The first kappa shape index (κ1) is 19.7. The van der Waals surface area contributed by atoms with Crippen LogP contribution in [0.15, 0.2) is 18.3 Å². The van der Waals surface area contributed by atoms with Crippen LogP contribution in [0.3, 0.4) is 0 Å². The highest BCUT2D eigenvalue weighted by atomic mass is 35.5. The van der Waals surface area contributed by atoms with E-state index in [2.05, 4.69) is 15.0 Å². The zero-order valence-electron chi connectivity index (χ0n) is 13.9. The highest BCUT2D eigenvalue weighted by Crippen LogP contribution is 2.42. The Labute approximate surface area is 158 Å². The van der Waals surface area contributed by atoms with Crippen LogP contribution in [0.5, 0.6) is 11.6 Å². The SMILES string of the molecule is COC(=O)Oc1ncc(-c2ccc(Cl)c(OC)c2F)c(NC(C)=O)c1Cl. The summed E-state index contributed by atoms with van der Waals surface area (Å²) in [6.45, 7) is 1.24. The number of halogens is 3. The average Bonchev–Trinajstić information content (AvgIpc) is 2.59. The molecule has 0 radical (unpaired) electrons. The molecule has 0 aliphatic carbocycles. The summed E-state index contributed by atoms with van der Waals surface area (Å²) in [6.07, 6.45) is 0.126. The van der Waals surface area contributed by atoms with Gasteiger partial charge in [0, 0.05) is 24.2 Å². The number of pyridine rings is 1. The number of benzene rings is 1. The Balaban J connectivity index is 2.67. The van der Waals surface area contributed by atoms with E-state index in [9.17, 15) is 14.0 Å². The summed E-state index contributed by atoms with van der Waals surface area (Å²) in [6, 6.07) is 2.79. The van der Waals surface area contributed by atoms with Crippen LogP contribution in [0.4, 0.5) is 14.9 Å². The van der Waals surface area contributed by atoms with Crippen molar-refractivity contribution in [3.63, 3.8) is 0 Å². The number of methoxy groups -OCH3 is 2. The molecule has 0 atom stereocenters. The maximum absolute atomic E-state index is 14.7. The van der Waals surface area contributed by atoms with Crippen LogP contribution in [0.2, 0.25) is 10.0 Å². The van der Waals surface area contributed by atoms with Crippen LogP contribution in [0.25, 0.3) is 11.1 Å². The van der Waals surface area contributed by atoms with E-state index >= 15 is 0 Å². The fourth-order valence-corrected chi connectivity index (χ4v) is 2.55. The Morgan fingerprint density at radius 2 is 1.88 bits per heavy atom. The summed E-state index contributed by atoms with van der Waals surface area (Å²) >= 11 is 12.1. The molecule has 7 nitrogen and oxygen atoms in total. The topological polar surface area (TPSA) is 86.8 Å². The minimum Gasteiger partial charge on any atom is -0.492 e. The zero-order valence-corrected chi connectivity index (χ0v) is 15.4. The zero-order chi connectivity index (χ0) is 19.4. The van der Waals surface area contributed by atoms with Gasteiger partial charge < -0.3 is 19.5 Å². The molecule has 0 aliphatic heterocycles. The molecule has 2 aromatic rings. The van der Waals surface area contributed by atoms with E-state index in [0.717, 1.165) is 7.11 Å². The second kappa shape index (κ2) is 8.20. The monoisotopic (exact) mass is 402 g/mol. The lowest BCUT2D eigenvalue weighted by molar-refractivity contribution is -0.114. The number of aromatic nitrogens is 1. The number of nitrogens with one attached hydrogen (secondary N) is 1. The van der Waals surface area contributed by atoms with E-state index in [1.54, 1.807) is 0 Å². The fourth-order valence-electron chi connectivity index (χ4n) is 2.09. The van der Waals surface area contributed by atoms with Gasteiger partial charge in [0.15, 0.2) is 11.6 Å². The van der Waals surface area contributed by atoms with Gasteiger partial charge in [0.25, 0.3) is 0 Å². The number of rotatable bonds is 4. The molecule has 10 heteroatoms. The van der Waals surface area contributed by atoms with Crippen molar-refractivity contribution in [2.45, 2.75) is 6.92 Å². The molecule has 2 rings (SSSR count). The first-order chi connectivity index (χ1) is 12.3. The predicted molar refractivity (Wildman–Crippen MR) is 93.5 cm³/mol. The highest BCUT2D eigenvalue weighted by molar-refractivity contribution is 6.36. The molecule has 138 valence electrons. The lowest BCUT2D eigenvalue weighted by atomic mass is 10.0. The molecule has 0 saturated heterocycles. The maximum atomic E-state index is 14.7. The van der Waals surface area contributed by atoms with E-state index < -0.39 is 17.9 Å². The molecule has 1 N–H and O–H groups in total. The summed E-state index contributed by atoms with van der Waals surface area (Å²) in [5.41, 5.74) is 0.153. The Kier molecular flexibility index (Phi) is 6.23. The van der Waals surface area contributed by atoms with Crippen molar-refractivity contribution in [2.24, 2.45) is 0 Å². The van der Waals surface area contributed by atoms with Crippen LogP contribution in [0.1, 0.15) is 6.92 Å². The predicted octanol–water partition coefficient (Wildman–Crippen LogP) is 4.31. The summed E-state index contributed by atoms with van der Waals surface area (Å²) in [4.78, 5) is 26.7. The molecule has 26 heavy (non-hydrogen) atoms. The third-order valence-corrected chi connectivity index (χ3v) is 3.83. The summed E-state index contributed by atoms with van der Waals surface area (Å²) in [5, 5.41) is 2.33. The number of amides is 1. The molecule has 1 heterocycles. The number of anilines is 1. The third kappa shape index (κ3) is 3.97. The molecule has 1 aromatic carbocycles. The molecular formula is C16H13Cl2FN2O5. The molecule has 1 amide bonds. The van der Waals surface area contributed by atoms with Gasteiger partial charge in [0.1, 0.15) is 5.02 Å². The summed E-state index contributed by atoms with van der Waals surface area (Å²) in [7, 11) is 2.37. The van der Waals surface area contributed by atoms with Gasteiger partial charge in [-0.15, -0.1) is 0 Å². The quantitative estimate of drug-likeness (QED) is 0.766. The summed E-state index contributed by atoms with van der Waals surface area (Å²) in [5.74, 6) is -1.74. The molecule has 0 unspecified atom stereocenters. The van der Waals surface area contributed by atoms with Crippen molar-refractivity contribution in [2.75, 3.05) is 19.5 Å². The largest absolute Gasteiger partial charge is 0.514 e. The first-order valence-corrected chi connectivity index (χ1v) is 7.80. The number of hydrogen-bond acceptors (Lipinski definition) is 6. The Morgan fingerprint density at radius 3 is 2.46 bits per heavy atom. The number of carbonyl (C=O) groups excluding carboxylic acids is 2. The Hall–Kier alpha value is -2.58. The van der Waals surface area contributed by atoms with Crippen LogP contribution in [0, 0.1) is 5.82 Å². The third-order valence-electron chi connectivity index (χ3n) is 3.18. The van der Waals surface area contributed by atoms with Crippen LogP contribution in [-0.2, 0) is 9.53 Å². The van der Waals surface area contributed by atoms with Crippen molar-refractivity contribution < 1.29 is 28.2 Å². The lowest BCUT2D eigenvalue weighted by Crippen LogP contribution is -2.12. The van der Waals surface area contributed by atoms with Gasteiger partial charge in [-0.25, -0.2) is 14.2 Å². The van der Waals surface area contributed by atoms with E-state index in [-0.39, 0.29) is 38.5 Å². The van der Waals surface area contributed by atoms with E-state index in [1.807, 2.05) is 0 Å². The molecule has 0 fully saturated rings. The summed E-state index contributed by atoms with van der Waals surface area (Å²) < 4.78 is 28.9. The number of nitrogens with zero attached hydrogens (tertiary/aromatic N) is 1. The van der Waals surface area contributed by atoms with E-state index in [4.69, 9.17) is 32.7 Å². The van der Waals surface area contributed by atoms with Gasteiger partial charge >= 0.3 is 6.16 Å². The maximum Gasteiger partial charge on any atom is 0.514 e. The number of hydrogen-bond donors (Lipinski definition) is 1. The van der Waals surface area contributed by atoms with Crippen molar-refractivity contribution in [1.82, 2.24) is 4.98 Å². The minimum absolute atomic E-state index is 0.00338. The molecule has 0 aliphatic rings. The van der Waals surface area contributed by atoms with Gasteiger partial charge in [-0.2, -0.15) is 0 Å². The van der Waals surface area contributed by atoms with Gasteiger partial charge in [-0.3, -0.25) is 4.79 Å². The van der Waals surface area contributed by atoms with Crippen molar-refractivity contribution >= 4 is 41.0 Å². The first-order valence-electron chi connectivity index (χ1n) is 7.04. The number of carbonyl (C=O) groups is 2. The van der Waals surface area contributed by atoms with E-state index in [0.29, 0.717) is 0 Å². The van der Waals surface area contributed by atoms with Gasteiger partial charge in [-0.05, 0) is 12.1 Å². The number of ether oxygens (including phenoxy) is 3. The lowest BCUT2D eigenvalue weighted by Gasteiger charge is -2.16. The normalized spacial score (nSPS) is 10.2. The standard InChI is InChI=1S/C16H13Cl2FN2O5/c1-7(22)21-13-9(6-20-15(11(13)18)26-16(23)25-3)8-4-5-10(17)14(24-2)12(8)19/h4-6H,1-3H3,(H,20,21,22). The molecular weight excluding hydrogens is 390 g/mol. The average molecular weight is 403 g/mol. The van der Waals surface area contributed by atoms with Gasteiger partial charge in [-0.1, -0.05) is 23.2 Å². The van der Waals surface area contributed by atoms with Crippen LogP contribution in [-0.4, -0.2) is 31.3 Å². The van der Waals surface area contributed by atoms with Crippen molar-refractivity contribution in [3.05, 3.63) is 34.2 Å².